The largest absolute Gasteiger partial charge is 0.481 e. The van der Waals surface area contributed by atoms with Crippen molar-refractivity contribution >= 4 is 11.7 Å². The third-order valence-electron chi connectivity index (χ3n) is 3.54. The second-order valence-electron chi connectivity index (χ2n) is 4.74. The molecule has 21 heavy (non-hydrogen) atoms. The SMILES string of the molecule is CCN(c1c(F)cc(C#N)cc1F)C1COCC1C(=O)O. The van der Waals surface area contributed by atoms with E-state index in [4.69, 9.17) is 15.1 Å². The van der Waals surface area contributed by atoms with E-state index >= 15 is 0 Å². The number of ether oxygens (including phenoxy) is 1. The molecule has 0 aliphatic carbocycles. The monoisotopic (exact) mass is 296 g/mol. The fourth-order valence-electron chi connectivity index (χ4n) is 2.55. The van der Waals surface area contributed by atoms with Crippen LogP contribution in [0, 0.1) is 28.9 Å². The van der Waals surface area contributed by atoms with Crippen LogP contribution in [0.1, 0.15) is 12.5 Å². The van der Waals surface area contributed by atoms with Crippen molar-refractivity contribution in [2.24, 2.45) is 5.92 Å². The summed E-state index contributed by atoms with van der Waals surface area (Å²) in [7, 11) is 0. The van der Waals surface area contributed by atoms with E-state index in [0.29, 0.717) is 0 Å². The minimum atomic E-state index is -1.06. The molecular weight excluding hydrogens is 282 g/mol. The Kier molecular flexibility index (Phi) is 4.38. The smallest absolute Gasteiger partial charge is 0.311 e. The Hall–Kier alpha value is -2.20. The van der Waals surface area contributed by atoms with Crippen LogP contribution in [0.15, 0.2) is 12.1 Å². The molecule has 1 N–H and O–H groups in total. The number of nitriles is 1. The van der Waals surface area contributed by atoms with Crippen LogP contribution in [0.3, 0.4) is 0 Å². The maximum Gasteiger partial charge on any atom is 0.311 e. The highest BCUT2D eigenvalue weighted by Gasteiger charge is 2.39. The quantitative estimate of drug-likeness (QED) is 0.916. The van der Waals surface area contributed by atoms with E-state index in [1.807, 2.05) is 0 Å². The molecule has 7 heteroatoms. The Morgan fingerprint density at radius 3 is 2.57 bits per heavy atom. The summed E-state index contributed by atoms with van der Waals surface area (Å²) < 4.78 is 33.3. The van der Waals surface area contributed by atoms with Crippen molar-refractivity contribution in [2.45, 2.75) is 13.0 Å². The number of carboxylic acids is 1. The van der Waals surface area contributed by atoms with E-state index in [9.17, 15) is 13.6 Å². The zero-order chi connectivity index (χ0) is 15.6. The minimum Gasteiger partial charge on any atom is -0.481 e. The zero-order valence-electron chi connectivity index (χ0n) is 11.3. The standard InChI is InChI=1S/C14H14F2N2O3/c1-2-18(12-7-21-6-9(12)14(19)20)13-10(15)3-8(5-17)4-11(13)16/h3-4,9,12H,2,6-7H2,1H3,(H,19,20). The van der Waals surface area contributed by atoms with Crippen LogP contribution < -0.4 is 4.90 Å². The molecule has 0 spiro atoms. The average molecular weight is 296 g/mol. The molecule has 1 fully saturated rings. The molecule has 2 unspecified atom stereocenters. The lowest BCUT2D eigenvalue weighted by molar-refractivity contribution is -0.142. The van der Waals surface area contributed by atoms with Gasteiger partial charge in [-0.25, -0.2) is 8.78 Å². The van der Waals surface area contributed by atoms with Crippen molar-refractivity contribution < 1.29 is 23.4 Å². The predicted molar refractivity (Wildman–Crippen MR) is 69.8 cm³/mol. The third kappa shape index (κ3) is 2.81. The maximum absolute atomic E-state index is 14.1. The third-order valence-corrected chi connectivity index (χ3v) is 3.54. The summed E-state index contributed by atoms with van der Waals surface area (Å²) >= 11 is 0. The molecule has 1 aliphatic rings. The Morgan fingerprint density at radius 1 is 1.48 bits per heavy atom. The van der Waals surface area contributed by atoms with E-state index in [1.165, 1.54) is 4.90 Å². The number of halogens is 2. The van der Waals surface area contributed by atoms with Gasteiger partial charge in [-0.05, 0) is 19.1 Å². The molecular formula is C14H14F2N2O3. The topological polar surface area (TPSA) is 73.6 Å². The summed E-state index contributed by atoms with van der Waals surface area (Å²) in [6, 6.07) is 2.90. The van der Waals surface area contributed by atoms with E-state index in [-0.39, 0.29) is 31.0 Å². The molecule has 2 rings (SSSR count). The van der Waals surface area contributed by atoms with Crippen LogP contribution >= 0.6 is 0 Å². The van der Waals surface area contributed by atoms with Gasteiger partial charge in [0.05, 0.1) is 30.9 Å². The molecule has 1 aliphatic heterocycles. The number of aliphatic carboxylic acids is 1. The Bertz CT molecular complexity index is 577. The number of hydrogen-bond donors (Lipinski definition) is 1. The van der Waals surface area contributed by atoms with E-state index in [0.717, 1.165) is 12.1 Å². The van der Waals surface area contributed by atoms with Crippen molar-refractivity contribution in [3.63, 3.8) is 0 Å². The molecule has 1 heterocycles. The molecule has 2 atom stereocenters. The Morgan fingerprint density at radius 2 is 2.10 bits per heavy atom. The van der Waals surface area contributed by atoms with Crippen molar-refractivity contribution in [3.8, 4) is 6.07 Å². The molecule has 1 aromatic carbocycles. The minimum absolute atomic E-state index is 0.00994. The second kappa shape index (κ2) is 6.06. The first kappa shape index (κ1) is 15.2. The number of carboxylic acid groups (broad SMARTS) is 1. The van der Waals surface area contributed by atoms with Crippen LogP contribution in [-0.2, 0) is 9.53 Å². The van der Waals surface area contributed by atoms with Gasteiger partial charge >= 0.3 is 5.97 Å². The first-order valence-electron chi connectivity index (χ1n) is 6.45. The molecule has 0 aromatic heterocycles. The van der Waals surface area contributed by atoms with E-state index < -0.39 is 29.6 Å². The molecule has 1 aromatic rings. The lowest BCUT2D eigenvalue weighted by atomic mass is 10.0. The average Bonchev–Trinajstić information content (AvgIpc) is 2.91. The lowest BCUT2D eigenvalue weighted by Gasteiger charge is -2.31. The predicted octanol–water partition coefficient (Wildman–Crippen LogP) is 1.76. The van der Waals surface area contributed by atoms with Gasteiger partial charge in [-0.15, -0.1) is 0 Å². The summed E-state index contributed by atoms with van der Waals surface area (Å²) in [5, 5.41) is 17.9. The molecule has 112 valence electrons. The molecule has 0 saturated carbocycles. The summed E-state index contributed by atoms with van der Waals surface area (Å²) in [5.41, 5.74) is -0.444. The molecule has 5 nitrogen and oxygen atoms in total. The Labute approximate surface area is 120 Å². The second-order valence-corrected chi connectivity index (χ2v) is 4.74. The summed E-state index contributed by atoms with van der Waals surface area (Å²) in [5.74, 6) is -3.68. The number of likely N-dealkylation sites (N-methyl/N-ethyl adjacent to an activating group) is 1. The summed E-state index contributed by atoms with van der Waals surface area (Å²) in [6.45, 7) is 1.99. The molecule has 0 amide bonds. The van der Waals surface area contributed by atoms with Crippen molar-refractivity contribution in [1.29, 1.82) is 5.26 Å². The fourth-order valence-corrected chi connectivity index (χ4v) is 2.55. The number of rotatable bonds is 4. The summed E-state index contributed by atoms with van der Waals surface area (Å²) in [4.78, 5) is 12.5. The maximum atomic E-state index is 14.1. The first-order valence-corrected chi connectivity index (χ1v) is 6.45. The highest BCUT2D eigenvalue weighted by atomic mass is 19.1. The van der Waals surface area contributed by atoms with Gasteiger partial charge in [-0.2, -0.15) is 5.26 Å². The number of nitrogens with zero attached hydrogens (tertiary/aromatic N) is 2. The highest BCUT2D eigenvalue weighted by Crippen LogP contribution is 2.31. The van der Waals surface area contributed by atoms with Crippen LogP contribution in [0.4, 0.5) is 14.5 Å². The van der Waals surface area contributed by atoms with Gasteiger partial charge in [-0.3, -0.25) is 4.79 Å². The first-order chi connectivity index (χ1) is 9.99. The highest BCUT2D eigenvalue weighted by molar-refractivity contribution is 5.72. The van der Waals surface area contributed by atoms with Gasteiger partial charge < -0.3 is 14.7 Å². The normalized spacial score (nSPS) is 21.0. The van der Waals surface area contributed by atoms with Crippen LogP contribution in [0.25, 0.3) is 0 Å². The van der Waals surface area contributed by atoms with Crippen LogP contribution in [0.5, 0.6) is 0 Å². The number of benzene rings is 1. The van der Waals surface area contributed by atoms with E-state index in [2.05, 4.69) is 0 Å². The summed E-state index contributed by atoms with van der Waals surface area (Å²) in [6.07, 6.45) is 0. The zero-order valence-corrected chi connectivity index (χ0v) is 11.3. The van der Waals surface area contributed by atoms with Crippen LogP contribution in [0.2, 0.25) is 0 Å². The lowest BCUT2D eigenvalue weighted by Crippen LogP contribution is -2.44. The number of carbonyl (C=O) groups is 1. The van der Waals surface area contributed by atoms with Gasteiger partial charge in [-0.1, -0.05) is 0 Å². The van der Waals surface area contributed by atoms with Gasteiger partial charge in [0.25, 0.3) is 0 Å². The molecule has 0 bridgehead atoms. The van der Waals surface area contributed by atoms with Gasteiger partial charge in [0, 0.05) is 6.54 Å². The van der Waals surface area contributed by atoms with Crippen molar-refractivity contribution in [2.75, 3.05) is 24.7 Å². The van der Waals surface area contributed by atoms with Crippen molar-refractivity contribution in [1.82, 2.24) is 0 Å². The fraction of sp³-hybridized carbons (Fsp3) is 0.429. The van der Waals surface area contributed by atoms with E-state index in [1.54, 1.807) is 13.0 Å². The van der Waals surface area contributed by atoms with Gasteiger partial charge in [0.1, 0.15) is 11.6 Å². The molecule has 1 saturated heterocycles. The number of anilines is 1. The Balaban J connectivity index is 2.43. The van der Waals surface area contributed by atoms with Crippen molar-refractivity contribution in [3.05, 3.63) is 29.3 Å². The van der Waals surface area contributed by atoms with Gasteiger partial charge in [0.15, 0.2) is 11.6 Å². The van der Waals surface area contributed by atoms with Crippen LogP contribution in [-0.4, -0.2) is 36.9 Å². The molecule has 0 radical (unpaired) electrons. The van der Waals surface area contributed by atoms with Gasteiger partial charge in [0.2, 0.25) is 0 Å². The number of hydrogen-bond acceptors (Lipinski definition) is 4.